The van der Waals surface area contributed by atoms with Crippen molar-refractivity contribution < 1.29 is 0 Å². The summed E-state index contributed by atoms with van der Waals surface area (Å²) in [6, 6.07) is 0. The fourth-order valence-corrected chi connectivity index (χ4v) is 1.60. The first-order valence-electron chi connectivity index (χ1n) is 4.54. The van der Waals surface area contributed by atoms with E-state index in [2.05, 4.69) is 21.9 Å². The van der Waals surface area contributed by atoms with Crippen LogP contribution in [-0.2, 0) is 12.8 Å². The molecule has 0 bridgehead atoms. The topological polar surface area (TPSA) is 55.0 Å². The number of rotatable bonds is 0. The molecule has 70 valence electrons. The van der Waals surface area contributed by atoms with E-state index in [4.69, 9.17) is 5.73 Å². The van der Waals surface area contributed by atoms with E-state index >= 15 is 0 Å². The SMILES string of the molecule is CN1CCc2cnc(N)nc2CC1. The number of hydrogen-bond acceptors (Lipinski definition) is 4. The lowest BCUT2D eigenvalue weighted by Crippen LogP contribution is -2.20. The molecule has 0 spiro atoms. The Balaban J connectivity index is 2.30. The van der Waals surface area contributed by atoms with Crippen molar-refractivity contribution in [2.24, 2.45) is 0 Å². The van der Waals surface area contributed by atoms with Crippen molar-refractivity contribution >= 4 is 5.95 Å². The van der Waals surface area contributed by atoms with E-state index in [1.807, 2.05) is 6.20 Å². The minimum Gasteiger partial charge on any atom is -0.368 e. The molecule has 0 aliphatic carbocycles. The highest BCUT2D eigenvalue weighted by atomic mass is 15.1. The summed E-state index contributed by atoms with van der Waals surface area (Å²) in [5.41, 5.74) is 7.90. The van der Waals surface area contributed by atoms with Crippen LogP contribution in [-0.4, -0.2) is 35.0 Å². The number of likely N-dealkylation sites (N-methyl/N-ethyl adjacent to an activating group) is 1. The number of anilines is 1. The highest BCUT2D eigenvalue weighted by molar-refractivity contribution is 5.26. The molecule has 0 saturated carbocycles. The van der Waals surface area contributed by atoms with Crippen molar-refractivity contribution in [1.29, 1.82) is 0 Å². The molecule has 2 N–H and O–H groups in total. The number of nitrogens with two attached hydrogens (primary N) is 1. The van der Waals surface area contributed by atoms with Crippen molar-refractivity contribution in [1.82, 2.24) is 14.9 Å². The van der Waals surface area contributed by atoms with Crippen LogP contribution in [0.4, 0.5) is 5.95 Å². The summed E-state index contributed by atoms with van der Waals surface area (Å²) < 4.78 is 0. The van der Waals surface area contributed by atoms with Gasteiger partial charge in [-0.05, 0) is 19.0 Å². The van der Waals surface area contributed by atoms with Gasteiger partial charge in [-0.25, -0.2) is 9.97 Å². The lowest BCUT2D eigenvalue weighted by atomic mass is 10.1. The number of aromatic nitrogens is 2. The van der Waals surface area contributed by atoms with Gasteiger partial charge in [0.05, 0.1) is 5.69 Å². The summed E-state index contributed by atoms with van der Waals surface area (Å²) in [6.45, 7) is 2.14. The summed E-state index contributed by atoms with van der Waals surface area (Å²) in [7, 11) is 2.13. The highest BCUT2D eigenvalue weighted by Gasteiger charge is 2.12. The minimum atomic E-state index is 0.392. The molecule has 0 atom stereocenters. The van der Waals surface area contributed by atoms with Gasteiger partial charge in [0.25, 0.3) is 0 Å². The van der Waals surface area contributed by atoms with Gasteiger partial charge in [0, 0.05) is 25.7 Å². The van der Waals surface area contributed by atoms with Crippen LogP contribution in [0.5, 0.6) is 0 Å². The van der Waals surface area contributed by atoms with Gasteiger partial charge in [0.1, 0.15) is 0 Å². The lowest BCUT2D eigenvalue weighted by molar-refractivity contribution is 0.352. The van der Waals surface area contributed by atoms with E-state index in [0.717, 1.165) is 31.6 Å². The summed E-state index contributed by atoms with van der Waals surface area (Å²) >= 11 is 0. The van der Waals surface area contributed by atoms with Crippen molar-refractivity contribution in [2.75, 3.05) is 25.9 Å². The fraction of sp³-hybridized carbons (Fsp3) is 0.556. The predicted octanol–water partition coefficient (Wildman–Crippen LogP) is 0.0892. The van der Waals surface area contributed by atoms with E-state index in [-0.39, 0.29) is 0 Å². The van der Waals surface area contributed by atoms with Crippen molar-refractivity contribution in [3.63, 3.8) is 0 Å². The third-order valence-electron chi connectivity index (χ3n) is 2.47. The summed E-state index contributed by atoms with van der Waals surface area (Å²) in [5.74, 6) is 0.392. The molecule has 1 aromatic rings. The molecule has 4 nitrogen and oxygen atoms in total. The third kappa shape index (κ3) is 1.78. The van der Waals surface area contributed by atoms with Gasteiger partial charge in [-0.15, -0.1) is 0 Å². The Bertz CT molecular complexity index is 310. The Labute approximate surface area is 77.8 Å². The minimum absolute atomic E-state index is 0.392. The Morgan fingerprint density at radius 3 is 3.00 bits per heavy atom. The smallest absolute Gasteiger partial charge is 0.220 e. The van der Waals surface area contributed by atoms with Gasteiger partial charge in [0.2, 0.25) is 5.95 Å². The van der Waals surface area contributed by atoms with Crippen LogP contribution in [0.2, 0.25) is 0 Å². The summed E-state index contributed by atoms with van der Waals surface area (Å²) in [4.78, 5) is 10.6. The molecule has 2 heterocycles. The molecule has 0 unspecified atom stereocenters. The van der Waals surface area contributed by atoms with Crippen LogP contribution in [0.1, 0.15) is 11.3 Å². The molecule has 0 fully saturated rings. The zero-order valence-electron chi connectivity index (χ0n) is 7.82. The molecular formula is C9H14N4. The molecule has 1 aliphatic rings. The first-order chi connectivity index (χ1) is 6.25. The first kappa shape index (κ1) is 8.44. The fourth-order valence-electron chi connectivity index (χ4n) is 1.60. The van der Waals surface area contributed by atoms with Gasteiger partial charge in [-0.1, -0.05) is 0 Å². The molecule has 2 rings (SSSR count). The average Bonchev–Trinajstić information content (AvgIpc) is 2.29. The maximum atomic E-state index is 5.53. The zero-order chi connectivity index (χ0) is 9.26. The summed E-state index contributed by atoms with van der Waals surface area (Å²) in [6.07, 6.45) is 3.88. The van der Waals surface area contributed by atoms with Gasteiger partial charge in [-0.2, -0.15) is 0 Å². The average molecular weight is 178 g/mol. The zero-order valence-corrected chi connectivity index (χ0v) is 7.82. The molecule has 0 aromatic carbocycles. The van der Waals surface area contributed by atoms with E-state index in [1.54, 1.807) is 0 Å². The lowest BCUT2D eigenvalue weighted by Gasteiger charge is -2.10. The van der Waals surface area contributed by atoms with Crippen molar-refractivity contribution in [2.45, 2.75) is 12.8 Å². The van der Waals surface area contributed by atoms with Crippen LogP contribution in [0.15, 0.2) is 6.20 Å². The summed E-state index contributed by atoms with van der Waals surface area (Å²) in [5, 5.41) is 0. The Hall–Kier alpha value is -1.16. The van der Waals surface area contributed by atoms with Crippen LogP contribution < -0.4 is 5.73 Å². The normalized spacial score (nSPS) is 17.9. The molecule has 13 heavy (non-hydrogen) atoms. The molecule has 0 radical (unpaired) electrons. The number of nitrogen functional groups attached to an aromatic ring is 1. The Morgan fingerprint density at radius 2 is 2.15 bits per heavy atom. The van der Waals surface area contributed by atoms with Crippen LogP contribution in [0.25, 0.3) is 0 Å². The van der Waals surface area contributed by atoms with Gasteiger partial charge < -0.3 is 10.6 Å². The van der Waals surface area contributed by atoms with Gasteiger partial charge >= 0.3 is 0 Å². The van der Waals surface area contributed by atoms with E-state index in [0.29, 0.717) is 5.95 Å². The highest BCUT2D eigenvalue weighted by Crippen LogP contribution is 2.12. The third-order valence-corrected chi connectivity index (χ3v) is 2.47. The van der Waals surface area contributed by atoms with Crippen molar-refractivity contribution in [3.8, 4) is 0 Å². The quantitative estimate of drug-likeness (QED) is 0.611. The standard InChI is InChI=1S/C9H14N4/c1-13-4-2-7-6-11-9(10)12-8(7)3-5-13/h6H,2-5H2,1H3,(H2,10,11,12). The van der Waals surface area contributed by atoms with Gasteiger partial charge in [-0.3, -0.25) is 0 Å². The maximum absolute atomic E-state index is 5.53. The first-order valence-corrected chi connectivity index (χ1v) is 4.54. The maximum Gasteiger partial charge on any atom is 0.220 e. The molecule has 0 saturated heterocycles. The van der Waals surface area contributed by atoms with E-state index in [9.17, 15) is 0 Å². The number of hydrogen-bond donors (Lipinski definition) is 1. The Kier molecular flexibility index (Phi) is 2.14. The molecular weight excluding hydrogens is 164 g/mol. The number of nitrogens with zero attached hydrogens (tertiary/aromatic N) is 3. The van der Waals surface area contributed by atoms with Crippen LogP contribution in [0, 0.1) is 0 Å². The molecule has 0 amide bonds. The van der Waals surface area contributed by atoms with Gasteiger partial charge in [0.15, 0.2) is 0 Å². The predicted molar refractivity (Wildman–Crippen MR) is 51.3 cm³/mol. The second-order valence-corrected chi connectivity index (χ2v) is 3.50. The van der Waals surface area contributed by atoms with Crippen LogP contribution in [0.3, 0.4) is 0 Å². The van der Waals surface area contributed by atoms with Crippen molar-refractivity contribution in [3.05, 3.63) is 17.5 Å². The molecule has 1 aromatic heterocycles. The second-order valence-electron chi connectivity index (χ2n) is 3.50. The monoisotopic (exact) mass is 178 g/mol. The number of fused-ring (bicyclic) bond motifs is 1. The van der Waals surface area contributed by atoms with Crippen LogP contribution >= 0.6 is 0 Å². The molecule has 4 heteroatoms. The largest absolute Gasteiger partial charge is 0.368 e. The van der Waals surface area contributed by atoms with E-state index < -0.39 is 0 Å². The van der Waals surface area contributed by atoms with E-state index in [1.165, 1.54) is 5.56 Å². The second kappa shape index (κ2) is 3.30. The molecule has 1 aliphatic heterocycles. The Morgan fingerprint density at radius 1 is 1.38 bits per heavy atom.